The maximum absolute atomic E-state index is 12.6. The van der Waals surface area contributed by atoms with Crippen molar-refractivity contribution < 1.29 is 14.4 Å². The molecule has 0 bridgehead atoms. The van der Waals surface area contributed by atoms with Crippen LogP contribution in [0.4, 0.5) is 4.79 Å². The second-order valence-corrected chi connectivity index (χ2v) is 7.38. The van der Waals surface area contributed by atoms with E-state index in [1.165, 1.54) is 11.3 Å². The molecule has 3 heterocycles. The SMILES string of the molecule is O=C(CN1C(=O)NC(Cc2c[nH]c3ccccc23)C1=O)NCc1cccs1. The van der Waals surface area contributed by atoms with Crippen molar-refractivity contribution in [2.45, 2.75) is 19.0 Å². The van der Waals surface area contributed by atoms with Gasteiger partial charge >= 0.3 is 6.03 Å². The maximum Gasteiger partial charge on any atom is 0.325 e. The van der Waals surface area contributed by atoms with Crippen molar-refractivity contribution in [2.24, 2.45) is 0 Å². The Labute approximate surface area is 159 Å². The van der Waals surface area contributed by atoms with Gasteiger partial charge < -0.3 is 15.6 Å². The van der Waals surface area contributed by atoms with Gasteiger partial charge in [0.05, 0.1) is 6.54 Å². The number of thiophene rings is 1. The maximum atomic E-state index is 12.6. The highest BCUT2D eigenvalue weighted by atomic mass is 32.1. The summed E-state index contributed by atoms with van der Waals surface area (Å²) >= 11 is 1.53. The number of aromatic amines is 1. The van der Waals surface area contributed by atoms with Crippen molar-refractivity contribution in [1.29, 1.82) is 0 Å². The number of urea groups is 1. The lowest BCUT2D eigenvalue weighted by Crippen LogP contribution is -2.41. The number of benzene rings is 1. The van der Waals surface area contributed by atoms with E-state index in [0.717, 1.165) is 26.2 Å². The quantitative estimate of drug-likeness (QED) is 0.569. The first-order chi connectivity index (χ1) is 13.1. The van der Waals surface area contributed by atoms with Crippen LogP contribution in [0.3, 0.4) is 0 Å². The Kier molecular flexibility index (Phi) is 4.64. The minimum Gasteiger partial charge on any atom is -0.361 e. The molecule has 1 fully saturated rings. The van der Waals surface area contributed by atoms with E-state index in [0.29, 0.717) is 13.0 Å². The van der Waals surface area contributed by atoms with Crippen molar-refractivity contribution in [3.05, 3.63) is 58.4 Å². The molecule has 1 unspecified atom stereocenters. The Morgan fingerprint density at radius 1 is 1.19 bits per heavy atom. The highest BCUT2D eigenvalue weighted by molar-refractivity contribution is 7.09. The average Bonchev–Trinajstić information content (AvgIpc) is 3.38. The Balaban J connectivity index is 1.39. The van der Waals surface area contributed by atoms with E-state index in [9.17, 15) is 14.4 Å². The number of fused-ring (bicyclic) bond motifs is 1. The predicted octanol–water partition coefficient (Wildman–Crippen LogP) is 2.01. The molecule has 138 valence electrons. The Morgan fingerprint density at radius 2 is 2.04 bits per heavy atom. The van der Waals surface area contributed by atoms with Crippen LogP contribution in [0.25, 0.3) is 10.9 Å². The number of aromatic nitrogens is 1. The van der Waals surface area contributed by atoms with Crippen LogP contribution in [0.2, 0.25) is 0 Å². The highest BCUT2D eigenvalue weighted by Gasteiger charge is 2.39. The number of imide groups is 1. The highest BCUT2D eigenvalue weighted by Crippen LogP contribution is 2.21. The van der Waals surface area contributed by atoms with Crippen molar-refractivity contribution in [3.8, 4) is 0 Å². The molecule has 0 radical (unpaired) electrons. The van der Waals surface area contributed by atoms with Gasteiger partial charge in [0.1, 0.15) is 12.6 Å². The summed E-state index contributed by atoms with van der Waals surface area (Å²) < 4.78 is 0. The Hall–Kier alpha value is -3.13. The first-order valence-electron chi connectivity index (χ1n) is 8.58. The molecule has 1 atom stereocenters. The molecule has 4 rings (SSSR count). The standard InChI is InChI=1S/C19H18N4O3S/c24-17(21-10-13-4-3-7-27-13)11-23-18(25)16(22-19(23)26)8-12-9-20-15-6-2-1-5-14(12)15/h1-7,9,16,20H,8,10-11H2,(H,21,24)(H,22,26). The third-order valence-corrected chi connectivity index (χ3v) is 5.42. The summed E-state index contributed by atoms with van der Waals surface area (Å²) in [6, 6.07) is 10.4. The number of carbonyl (C=O) groups excluding carboxylic acids is 3. The molecule has 2 aromatic heterocycles. The first-order valence-corrected chi connectivity index (χ1v) is 9.46. The number of hydrogen-bond acceptors (Lipinski definition) is 4. The van der Waals surface area contributed by atoms with Gasteiger partial charge in [-0.25, -0.2) is 4.79 Å². The van der Waals surface area contributed by atoms with E-state index < -0.39 is 12.1 Å². The summed E-state index contributed by atoms with van der Waals surface area (Å²) in [5.41, 5.74) is 1.93. The summed E-state index contributed by atoms with van der Waals surface area (Å²) in [4.78, 5) is 42.0. The third kappa shape index (κ3) is 3.56. The van der Waals surface area contributed by atoms with Crippen LogP contribution in [0.1, 0.15) is 10.4 Å². The summed E-state index contributed by atoms with van der Waals surface area (Å²) in [5, 5.41) is 8.35. The fourth-order valence-corrected chi connectivity index (χ4v) is 3.83. The van der Waals surface area contributed by atoms with Gasteiger partial charge in [-0.15, -0.1) is 11.3 Å². The zero-order chi connectivity index (χ0) is 18.8. The molecule has 7 nitrogen and oxygen atoms in total. The van der Waals surface area contributed by atoms with Gasteiger partial charge in [-0.05, 0) is 23.1 Å². The molecular weight excluding hydrogens is 364 g/mol. The van der Waals surface area contributed by atoms with Crippen LogP contribution in [-0.2, 0) is 22.6 Å². The number of H-pyrrole nitrogens is 1. The number of nitrogens with one attached hydrogen (secondary N) is 3. The van der Waals surface area contributed by atoms with Crippen molar-refractivity contribution in [2.75, 3.05) is 6.54 Å². The van der Waals surface area contributed by atoms with Crippen LogP contribution in [0, 0.1) is 0 Å². The summed E-state index contributed by atoms with van der Waals surface area (Å²) in [6.45, 7) is 0.110. The van der Waals surface area contributed by atoms with Gasteiger partial charge in [0.15, 0.2) is 0 Å². The minimum absolute atomic E-state index is 0.277. The molecule has 0 aliphatic carbocycles. The summed E-state index contributed by atoms with van der Waals surface area (Å²) in [5.74, 6) is -0.740. The minimum atomic E-state index is -0.665. The van der Waals surface area contributed by atoms with E-state index in [-0.39, 0.29) is 18.4 Å². The molecule has 8 heteroatoms. The number of carbonyl (C=O) groups is 3. The summed E-state index contributed by atoms with van der Waals surface area (Å²) in [6.07, 6.45) is 2.22. The molecule has 27 heavy (non-hydrogen) atoms. The van der Waals surface area contributed by atoms with Gasteiger partial charge in [0, 0.05) is 28.4 Å². The van der Waals surface area contributed by atoms with E-state index in [4.69, 9.17) is 0 Å². The predicted molar refractivity (Wildman–Crippen MR) is 102 cm³/mol. The fraction of sp³-hybridized carbons (Fsp3) is 0.211. The van der Waals surface area contributed by atoms with Gasteiger partial charge in [-0.3, -0.25) is 14.5 Å². The Bertz CT molecular complexity index is 995. The van der Waals surface area contributed by atoms with Gasteiger partial charge in [0.2, 0.25) is 5.91 Å². The topological polar surface area (TPSA) is 94.3 Å². The molecular formula is C19H18N4O3S. The number of amides is 4. The summed E-state index contributed by atoms with van der Waals surface area (Å²) in [7, 11) is 0. The molecule has 4 amide bonds. The van der Waals surface area contributed by atoms with Crippen LogP contribution in [-0.4, -0.2) is 40.3 Å². The molecule has 0 spiro atoms. The van der Waals surface area contributed by atoms with Crippen LogP contribution in [0.5, 0.6) is 0 Å². The molecule has 1 aromatic carbocycles. The fourth-order valence-electron chi connectivity index (χ4n) is 3.18. The number of nitrogens with zero attached hydrogens (tertiary/aromatic N) is 1. The average molecular weight is 382 g/mol. The zero-order valence-electron chi connectivity index (χ0n) is 14.4. The third-order valence-electron chi connectivity index (χ3n) is 4.55. The van der Waals surface area contributed by atoms with Crippen molar-refractivity contribution in [1.82, 2.24) is 20.5 Å². The van der Waals surface area contributed by atoms with Crippen molar-refractivity contribution in [3.63, 3.8) is 0 Å². The zero-order valence-corrected chi connectivity index (χ0v) is 15.2. The van der Waals surface area contributed by atoms with Crippen molar-refractivity contribution >= 4 is 40.1 Å². The molecule has 0 saturated carbocycles. The van der Waals surface area contributed by atoms with E-state index in [2.05, 4.69) is 15.6 Å². The van der Waals surface area contributed by atoms with Crippen LogP contribution >= 0.6 is 11.3 Å². The van der Waals surface area contributed by atoms with E-state index in [1.54, 1.807) is 0 Å². The number of hydrogen-bond donors (Lipinski definition) is 3. The lowest BCUT2D eigenvalue weighted by Gasteiger charge is -2.12. The molecule has 1 aliphatic rings. The van der Waals surface area contributed by atoms with Gasteiger partial charge in [-0.2, -0.15) is 0 Å². The Morgan fingerprint density at radius 3 is 2.85 bits per heavy atom. The lowest BCUT2D eigenvalue weighted by molar-refractivity contribution is -0.132. The van der Waals surface area contributed by atoms with Gasteiger partial charge in [0.25, 0.3) is 5.91 Å². The smallest absolute Gasteiger partial charge is 0.325 e. The van der Waals surface area contributed by atoms with Crippen LogP contribution < -0.4 is 10.6 Å². The largest absolute Gasteiger partial charge is 0.361 e. The first kappa shape index (κ1) is 17.3. The monoisotopic (exact) mass is 382 g/mol. The van der Waals surface area contributed by atoms with E-state index >= 15 is 0 Å². The van der Waals surface area contributed by atoms with E-state index in [1.807, 2.05) is 48.0 Å². The number of rotatable bonds is 6. The molecule has 3 N–H and O–H groups in total. The molecule has 1 aliphatic heterocycles. The van der Waals surface area contributed by atoms with Crippen LogP contribution in [0.15, 0.2) is 48.0 Å². The number of para-hydroxylation sites is 1. The lowest BCUT2D eigenvalue weighted by atomic mass is 10.1. The molecule has 1 saturated heterocycles. The molecule has 3 aromatic rings. The second-order valence-electron chi connectivity index (χ2n) is 6.35. The van der Waals surface area contributed by atoms with Gasteiger partial charge in [-0.1, -0.05) is 24.3 Å². The normalized spacial score (nSPS) is 16.7. The second kappa shape index (κ2) is 7.24.